The van der Waals surface area contributed by atoms with Crippen molar-refractivity contribution in [2.45, 2.75) is 32.6 Å². The lowest BCUT2D eigenvalue weighted by molar-refractivity contribution is 0.102. The number of amides is 1. The van der Waals surface area contributed by atoms with Crippen LogP contribution in [-0.2, 0) is 12.8 Å². The van der Waals surface area contributed by atoms with Crippen LogP contribution in [0.2, 0.25) is 0 Å². The highest BCUT2D eigenvalue weighted by molar-refractivity contribution is 7.22. The third kappa shape index (κ3) is 2.75. The van der Waals surface area contributed by atoms with Gasteiger partial charge in [-0.3, -0.25) is 10.1 Å². The first kappa shape index (κ1) is 14.4. The molecule has 0 atom stereocenters. The maximum atomic E-state index is 12.5. The largest absolute Gasteiger partial charge is 0.298 e. The summed E-state index contributed by atoms with van der Waals surface area (Å²) in [5, 5.41) is 3.61. The van der Waals surface area contributed by atoms with E-state index in [1.54, 1.807) is 0 Å². The number of aromatic nitrogens is 1. The summed E-state index contributed by atoms with van der Waals surface area (Å²) in [5.74, 6) is -0.0740. The molecule has 0 fully saturated rings. The molecule has 2 aromatic carbocycles. The van der Waals surface area contributed by atoms with Crippen molar-refractivity contribution in [1.29, 1.82) is 0 Å². The lowest BCUT2D eigenvalue weighted by Crippen LogP contribution is -2.13. The van der Waals surface area contributed by atoms with E-state index in [0.717, 1.165) is 34.2 Å². The van der Waals surface area contributed by atoms with Gasteiger partial charge in [-0.05, 0) is 67.5 Å². The van der Waals surface area contributed by atoms with E-state index in [-0.39, 0.29) is 5.91 Å². The van der Waals surface area contributed by atoms with Crippen LogP contribution in [-0.4, -0.2) is 10.9 Å². The molecule has 0 spiro atoms. The van der Waals surface area contributed by atoms with Crippen molar-refractivity contribution in [3.05, 3.63) is 58.7 Å². The van der Waals surface area contributed by atoms with Gasteiger partial charge >= 0.3 is 0 Å². The van der Waals surface area contributed by atoms with Crippen LogP contribution >= 0.6 is 11.3 Å². The monoisotopic (exact) mass is 322 g/mol. The third-order valence-corrected chi connectivity index (χ3v) is 5.39. The minimum absolute atomic E-state index is 0.0740. The molecule has 0 unspecified atom stereocenters. The number of aryl methyl sites for hydroxylation is 3. The lowest BCUT2D eigenvalue weighted by Gasteiger charge is -2.16. The normalized spacial score (nSPS) is 13.8. The maximum Gasteiger partial charge on any atom is 0.257 e. The van der Waals surface area contributed by atoms with E-state index in [1.807, 2.05) is 37.3 Å². The Morgan fingerprint density at radius 1 is 1.13 bits per heavy atom. The molecule has 1 aliphatic rings. The zero-order chi connectivity index (χ0) is 15.8. The van der Waals surface area contributed by atoms with Gasteiger partial charge in [-0.1, -0.05) is 29.5 Å². The van der Waals surface area contributed by atoms with Gasteiger partial charge in [0.05, 0.1) is 10.2 Å². The Morgan fingerprint density at radius 2 is 1.96 bits per heavy atom. The standard InChI is InChI=1S/C19H18N2OS/c1-12-5-4-8-16-17(12)20-19(23-16)21-18(22)15-10-9-13-6-2-3-7-14(13)11-15/h4-5,8-11H,2-3,6-7H2,1H3,(H,20,21,22). The highest BCUT2D eigenvalue weighted by Crippen LogP contribution is 2.28. The van der Waals surface area contributed by atoms with Crippen LogP contribution in [0, 0.1) is 6.92 Å². The Kier molecular flexibility index (Phi) is 3.62. The molecular weight excluding hydrogens is 304 g/mol. The predicted molar refractivity (Wildman–Crippen MR) is 95.4 cm³/mol. The van der Waals surface area contributed by atoms with Crippen LogP contribution in [0.25, 0.3) is 10.2 Å². The third-order valence-electron chi connectivity index (χ3n) is 4.45. The van der Waals surface area contributed by atoms with Gasteiger partial charge in [0.2, 0.25) is 0 Å². The second-order valence-electron chi connectivity index (χ2n) is 6.09. The second kappa shape index (κ2) is 5.78. The minimum Gasteiger partial charge on any atom is -0.298 e. The summed E-state index contributed by atoms with van der Waals surface area (Å²) < 4.78 is 1.10. The molecule has 3 nitrogen and oxygen atoms in total. The minimum atomic E-state index is -0.0740. The van der Waals surface area contributed by atoms with Crippen molar-refractivity contribution in [1.82, 2.24) is 4.98 Å². The maximum absolute atomic E-state index is 12.5. The zero-order valence-electron chi connectivity index (χ0n) is 13.1. The molecular formula is C19H18N2OS. The van der Waals surface area contributed by atoms with Gasteiger partial charge in [0.1, 0.15) is 0 Å². The van der Waals surface area contributed by atoms with Crippen molar-refractivity contribution in [2.75, 3.05) is 5.32 Å². The van der Waals surface area contributed by atoms with Crippen LogP contribution in [0.4, 0.5) is 5.13 Å². The number of anilines is 1. The van der Waals surface area contributed by atoms with E-state index >= 15 is 0 Å². The van der Waals surface area contributed by atoms with Crippen LogP contribution in [0.15, 0.2) is 36.4 Å². The number of fused-ring (bicyclic) bond motifs is 2. The Bertz CT molecular complexity index is 898. The van der Waals surface area contributed by atoms with Gasteiger partial charge in [0, 0.05) is 5.56 Å². The first-order chi connectivity index (χ1) is 11.2. The molecule has 1 amide bonds. The number of hydrogen-bond donors (Lipinski definition) is 1. The van der Waals surface area contributed by atoms with E-state index < -0.39 is 0 Å². The number of carbonyl (C=O) groups excluding carboxylic acids is 1. The van der Waals surface area contributed by atoms with Gasteiger partial charge < -0.3 is 0 Å². The molecule has 0 saturated carbocycles. The van der Waals surface area contributed by atoms with E-state index in [9.17, 15) is 4.79 Å². The number of thiazole rings is 1. The molecule has 4 rings (SSSR count). The smallest absolute Gasteiger partial charge is 0.257 e. The summed E-state index contributed by atoms with van der Waals surface area (Å²) in [6.45, 7) is 2.04. The van der Waals surface area contributed by atoms with Crippen LogP contribution in [0.5, 0.6) is 0 Å². The Hall–Kier alpha value is -2.20. The molecule has 1 heterocycles. The van der Waals surface area contributed by atoms with Crippen LogP contribution < -0.4 is 5.32 Å². The quantitative estimate of drug-likeness (QED) is 0.740. The van der Waals surface area contributed by atoms with E-state index in [0.29, 0.717) is 5.13 Å². The van der Waals surface area contributed by atoms with Gasteiger partial charge in [-0.25, -0.2) is 4.98 Å². The second-order valence-corrected chi connectivity index (χ2v) is 7.12. The average molecular weight is 322 g/mol. The average Bonchev–Trinajstić information content (AvgIpc) is 2.98. The van der Waals surface area contributed by atoms with Gasteiger partial charge in [0.15, 0.2) is 5.13 Å². The molecule has 1 aromatic heterocycles. The summed E-state index contributed by atoms with van der Waals surface area (Å²) in [4.78, 5) is 17.1. The molecule has 3 aromatic rings. The first-order valence-electron chi connectivity index (χ1n) is 8.00. The number of carbonyl (C=O) groups is 1. The number of hydrogen-bond acceptors (Lipinski definition) is 3. The van der Waals surface area contributed by atoms with Gasteiger partial charge in [-0.15, -0.1) is 0 Å². The lowest BCUT2D eigenvalue weighted by atomic mass is 9.90. The number of benzene rings is 2. The predicted octanol–water partition coefficient (Wildman–Crippen LogP) is 4.74. The van der Waals surface area contributed by atoms with Crippen molar-refractivity contribution in [2.24, 2.45) is 0 Å². The molecule has 1 aliphatic carbocycles. The molecule has 0 aliphatic heterocycles. The molecule has 116 valence electrons. The van der Waals surface area contributed by atoms with Crippen molar-refractivity contribution in [3.63, 3.8) is 0 Å². The fourth-order valence-corrected chi connectivity index (χ4v) is 4.12. The summed E-state index contributed by atoms with van der Waals surface area (Å²) in [7, 11) is 0. The number of nitrogens with one attached hydrogen (secondary N) is 1. The number of para-hydroxylation sites is 1. The van der Waals surface area contributed by atoms with Crippen molar-refractivity contribution in [3.8, 4) is 0 Å². The zero-order valence-corrected chi connectivity index (χ0v) is 13.9. The van der Waals surface area contributed by atoms with E-state index in [1.165, 1.54) is 35.3 Å². The Balaban J connectivity index is 1.60. The summed E-state index contributed by atoms with van der Waals surface area (Å²) in [5.41, 5.74) is 5.54. The molecule has 4 heteroatoms. The van der Waals surface area contributed by atoms with Crippen LogP contribution in [0.1, 0.15) is 39.9 Å². The van der Waals surface area contributed by atoms with Gasteiger partial charge in [-0.2, -0.15) is 0 Å². The SMILES string of the molecule is Cc1cccc2sc(NC(=O)c3ccc4c(c3)CCCC4)nc12. The fourth-order valence-electron chi connectivity index (χ4n) is 3.18. The fraction of sp³-hybridized carbons (Fsp3) is 0.263. The summed E-state index contributed by atoms with van der Waals surface area (Å²) in [6, 6.07) is 12.2. The Morgan fingerprint density at radius 3 is 2.78 bits per heavy atom. The topological polar surface area (TPSA) is 42.0 Å². The highest BCUT2D eigenvalue weighted by Gasteiger charge is 2.14. The highest BCUT2D eigenvalue weighted by atomic mass is 32.1. The Labute approximate surface area is 139 Å². The molecule has 0 radical (unpaired) electrons. The van der Waals surface area contributed by atoms with Crippen molar-refractivity contribution < 1.29 is 4.79 Å². The molecule has 0 saturated heterocycles. The summed E-state index contributed by atoms with van der Waals surface area (Å²) in [6.07, 6.45) is 4.68. The van der Waals surface area contributed by atoms with E-state index in [4.69, 9.17) is 0 Å². The number of rotatable bonds is 2. The molecule has 23 heavy (non-hydrogen) atoms. The van der Waals surface area contributed by atoms with Crippen LogP contribution in [0.3, 0.4) is 0 Å². The molecule has 0 bridgehead atoms. The van der Waals surface area contributed by atoms with Crippen molar-refractivity contribution >= 4 is 32.6 Å². The summed E-state index contributed by atoms with van der Waals surface area (Å²) >= 11 is 1.52. The number of nitrogens with zero attached hydrogens (tertiary/aromatic N) is 1. The molecule has 1 N–H and O–H groups in total. The van der Waals surface area contributed by atoms with Gasteiger partial charge in [0.25, 0.3) is 5.91 Å². The first-order valence-corrected chi connectivity index (χ1v) is 8.82. The van der Waals surface area contributed by atoms with E-state index in [2.05, 4.69) is 16.4 Å².